The molecule has 0 saturated heterocycles. The zero-order valence-corrected chi connectivity index (χ0v) is 16.0. The average molecular weight is 417 g/mol. The number of thiophene rings is 1. The molecule has 140 valence electrons. The molecule has 1 heterocycles. The van der Waals surface area contributed by atoms with Crippen molar-refractivity contribution in [2.24, 2.45) is 0 Å². The van der Waals surface area contributed by atoms with Gasteiger partial charge in [-0.3, -0.25) is 9.59 Å². The molecule has 0 spiro atoms. The minimum absolute atomic E-state index is 0.00585. The summed E-state index contributed by atoms with van der Waals surface area (Å²) < 4.78 is 31.2. The van der Waals surface area contributed by atoms with E-state index in [9.17, 15) is 18.0 Å². The molecular formula is C16H17ClN2O5S2. The number of esters is 1. The smallest absolute Gasteiger partial charge is 0.307 e. The first-order valence-corrected chi connectivity index (χ1v) is 10.3. The third kappa shape index (κ3) is 6.75. The normalized spacial score (nSPS) is 11.1. The maximum absolute atomic E-state index is 12.0. The molecule has 0 unspecified atom stereocenters. The molecule has 2 aromatic rings. The van der Waals surface area contributed by atoms with Crippen LogP contribution in [0.2, 0.25) is 5.02 Å². The number of amides is 1. The number of halogens is 1. The highest BCUT2D eigenvalue weighted by Crippen LogP contribution is 2.15. The van der Waals surface area contributed by atoms with Gasteiger partial charge in [0.05, 0.1) is 17.9 Å². The number of hydrogen-bond donors (Lipinski definition) is 2. The molecule has 0 aliphatic heterocycles. The van der Waals surface area contributed by atoms with E-state index in [1.807, 2.05) is 17.5 Å². The van der Waals surface area contributed by atoms with Crippen LogP contribution in [0.15, 0.2) is 46.7 Å². The molecule has 26 heavy (non-hydrogen) atoms. The first-order chi connectivity index (χ1) is 12.4. The highest BCUT2D eigenvalue weighted by molar-refractivity contribution is 7.89. The molecular weight excluding hydrogens is 400 g/mol. The summed E-state index contributed by atoms with van der Waals surface area (Å²) in [4.78, 5) is 24.2. The van der Waals surface area contributed by atoms with Crippen molar-refractivity contribution in [3.8, 4) is 0 Å². The maximum atomic E-state index is 12.0. The van der Waals surface area contributed by atoms with Gasteiger partial charge in [0.1, 0.15) is 0 Å². The van der Waals surface area contributed by atoms with Gasteiger partial charge < -0.3 is 10.1 Å². The number of hydrogen-bond acceptors (Lipinski definition) is 6. The minimum Gasteiger partial charge on any atom is -0.456 e. The van der Waals surface area contributed by atoms with Crippen molar-refractivity contribution in [2.45, 2.75) is 17.9 Å². The summed E-state index contributed by atoms with van der Waals surface area (Å²) in [5, 5.41) is 4.81. The van der Waals surface area contributed by atoms with Gasteiger partial charge in [-0.2, -0.15) is 0 Å². The molecule has 0 aliphatic rings. The van der Waals surface area contributed by atoms with Crippen LogP contribution in [-0.4, -0.2) is 33.4 Å². The molecule has 1 amide bonds. The van der Waals surface area contributed by atoms with Crippen molar-refractivity contribution in [1.29, 1.82) is 0 Å². The summed E-state index contributed by atoms with van der Waals surface area (Å²) in [5.74, 6) is -1.10. The Morgan fingerprint density at radius 3 is 2.69 bits per heavy atom. The summed E-state index contributed by atoms with van der Waals surface area (Å²) in [5.41, 5.74) is 0. The molecule has 0 bridgehead atoms. The number of nitrogens with one attached hydrogen (secondary N) is 2. The fraction of sp³-hybridized carbons (Fsp3) is 0.250. The molecule has 1 aromatic heterocycles. The second kappa shape index (κ2) is 9.67. The lowest BCUT2D eigenvalue weighted by molar-refractivity contribution is -0.148. The Bertz CT molecular complexity index is 853. The predicted molar refractivity (Wildman–Crippen MR) is 98.4 cm³/mol. The zero-order valence-electron chi connectivity index (χ0n) is 13.6. The topological polar surface area (TPSA) is 102 Å². The van der Waals surface area contributed by atoms with Crippen LogP contribution in [0.25, 0.3) is 0 Å². The van der Waals surface area contributed by atoms with E-state index in [-0.39, 0.29) is 17.9 Å². The Hall–Kier alpha value is -1.94. The summed E-state index contributed by atoms with van der Waals surface area (Å²) in [6.45, 7) is -0.191. The quantitative estimate of drug-likeness (QED) is 0.608. The van der Waals surface area contributed by atoms with Crippen LogP contribution in [-0.2, 0) is 30.9 Å². The summed E-state index contributed by atoms with van der Waals surface area (Å²) >= 11 is 7.27. The van der Waals surface area contributed by atoms with E-state index in [1.54, 1.807) is 6.07 Å². The van der Waals surface area contributed by atoms with Crippen molar-refractivity contribution in [3.05, 3.63) is 51.7 Å². The van der Waals surface area contributed by atoms with Crippen molar-refractivity contribution in [3.63, 3.8) is 0 Å². The summed E-state index contributed by atoms with van der Waals surface area (Å²) in [7, 11) is -3.76. The molecule has 0 aliphatic carbocycles. The van der Waals surface area contributed by atoms with Crippen molar-refractivity contribution in [1.82, 2.24) is 10.0 Å². The Labute approximate surface area is 160 Å². The average Bonchev–Trinajstić information content (AvgIpc) is 3.11. The molecule has 2 rings (SSSR count). The van der Waals surface area contributed by atoms with E-state index in [2.05, 4.69) is 10.0 Å². The van der Waals surface area contributed by atoms with Gasteiger partial charge >= 0.3 is 5.97 Å². The largest absolute Gasteiger partial charge is 0.456 e. The second-order valence-electron chi connectivity index (χ2n) is 5.12. The number of sulfonamides is 1. The third-order valence-corrected chi connectivity index (χ3v) is 5.70. The van der Waals surface area contributed by atoms with Gasteiger partial charge in [-0.1, -0.05) is 23.7 Å². The predicted octanol–water partition coefficient (Wildman–Crippen LogP) is 1.93. The zero-order chi connectivity index (χ0) is 19.0. The van der Waals surface area contributed by atoms with E-state index in [1.165, 1.54) is 29.5 Å². The van der Waals surface area contributed by atoms with Gasteiger partial charge in [0.2, 0.25) is 10.0 Å². The SMILES string of the molecule is O=C(COC(=O)CCNS(=O)(=O)c1cccc(Cl)c1)NCc1cccs1. The standard InChI is InChI=1S/C16H17ClN2O5S2/c17-12-3-1-5-14(9-12)26(22,23)19-7-6-16(21)24-11-15(20)18-10-13-4-2-8-25-13/h1-5,8-9,19H,6-7,10-11H2,(H,18,20). The van der Waals surface area contributed by atoms with E-state index >= 15 is 0 Å². The summed E-state index contributed by atoms with van der Waals surface area (Å²) in [6.07, 6.45) is -0.196. The molecule has 1 aromatic carbocycles. The van der Waals surface area contributed by atoms with E-state index in [4.69, 9.17) is 16.3 Å². The third-order valence-electron chi connectivity index (χ3n) is 3.13. The van der Waals surface area contributed by atoms with E-state index in [0.29, 0.717) is 11.6 Å². The van der Waals surface area contributed by atoms with Crippen molar-refractivity contribution < 1.29 is 22.7 Å². The Morgan fingerprint density at radius 2 is 2.00 bits per heavy atom. The van der Waals surface area contributed by atoms with Gasteiger partial charge in [0.15, 0.2) is 6.61 Å². The first-order valence-electron chi connectivity index (χ1n) is 7.57. The van der Waals surface area contributed by atoms with Crippen LogP contribution >= 0.6 is 22.9 Å². The van der Waals surface area contributed by atoms with Crippen LogP contribution in [0.3, 0.4) is 0 Å². The van der Waals surface area contributed by atoms with Crippen molar-refractivity contribution >= 4 is 44.8 Å². The molecule has 0 fully saturated rings. The number of rotatable bonds is 9. The minimum atomic E-state index is -3.76. The van der Waals surface area contributed by atoms with Crippen LogP contribution in [0.1, 0.15) is 11.3 Å². The Morgan fingerprint density at radius 1 is 1.19 bits per heavy atom. The lowest BCUT2D eigenvalue weighted by atomic mass is 10.4. The molecule has 10 heteroatoms. The van der Waals surface area contributed by atoms with Crippen LogP contribution in [0.5, 0.6) is 0 Å². The van der Waals surface area contributed by atoms with Crippen LogP contribution in [0, 0.1) is 0 Å². The molecule has 7 nitrogen and oxygen atoms in total. The molecule has 2 N–H and O–H groups in total. The number of ether oxygens (including phenoxy) is 1. The Balaban J connectivity index is 1.67. The van der Waals surface area contributed by atoms with E-state index < -0.39 is 28.5 Å². The number of carbonyl (C=O) groups excluding carboxylic acids is 2. The lowest BCUT2D eigenvalue weighted by Crippen LogP contribution is -2.30. The number of benzene rings is 1. The maximum Gasteiger partial charge on any atom is 0.307 e. The van der Waals surface area contributed by atoms with Gasteiger partial charge in [-0.05, 0) is 29.6 Å². The monoisotopic (exact) mass is 416 g/mol. The molecule has 0 radical (unpaired) electrons. The van der Waals surface area contributed by atoms with Crippen LogP contribution < -0.4 is 10.0 Å². The van der Waals surface area contributed by atoms with Crippen molar-refractivity contribution in [2.75, 3.05) is 13.2 Å². The van der Waals surface area contributed by atoms with Gasteiger partial charge in [-0.25, -0.2) is 13.1 Å². The van der Waals surface area contributed by atoms with Crippen LogP contribution in [0.4, 0.5) is 0 Å². The second-order valence-corrected chi connectivity index (χ2v) is 8.36. The fourth-order valence-electron chi connectivity index (χ4n) is 1.87. The Kier molecular flexibility index (Phi) is 7.58. The highest BCUT2D eigenvalue weighted by atomic mass is 35.5. The van der Waals surface area contributed by atoms with Gasteiger partial charge in [0.25, 0.3) is 5.91 Å². The highest BCUT2D eigenvalue weighted by Gasteiger charge is 2.15. The van der Waals surface area contributed by atoms with Gasteiger partial charge in [0, 0.05) is 16.4 Å². The van der Waals surface area contributed by atoms with Gasteiger partial charge in [-0.15, -0.1) is 11.3 Å². The molecule has 0 saturated carbocycles. The fourth-order valence-corrected chi connectivity index (χ4v) is 3.85. The summed E-state index contributed by atoms with van der Waals surface area (Å²) in [6, 6.07) is 9.52. The number of carbonyl (C=O) groups is 2. The first kappa shape index (κ1) is 20.4. The molecule has 0 atom stereocenters. The van der Waals surface area contributed by atoms with E-state index in [0.717, 1.165) is 4.88 Å². The lowest BCUT2D eigenvalue weighted by Gasteiger charge is -2.08.